The minimum absolute atomic E-state index is 0.0508. The number of primary amides is 1. The van der Waals surface area contributed by atoms with Crippen molar-refractivity contribution in [2.75, 3.05) is 5.32 Å². The SMILES string of the molecule is CC(C)(C)OC(=O)Nc1cc(C(N)=O)nn1-c1ccccc1. The lowest BCUT2D eigenvalue weighted by molar-refractivity contribution is 0.0634. The first-order valence-electron chi connectivity index (χ1n) is 6.71. The Kier molecular flexibility index (Phi) is 4.16. The van der Waals surface area contributed by atoms with Crippen LogP contribution in [0.3, 0.4) is 0 Å². The van der Waals surface area contributed by atoms with Crippen molar-refractivity contribution in [2.45, 2.75) is 26.4 Å². The highest BCUT2D eigenvalue weighted by molar-refractivity contribution is 5.93. The lowest BCUT2D eigenvalue weighted by Crippen LogP contribution is -2.27. The Balaban J connectivity index is 2.34. The van der Waals surface area contributed by atoms with E-state index in [1.165, 1.54) is 10.7 Å². The van der Waals surface area contributed by atoms with Gasteiger partial charge in [0.1, 0.15) is 11.4 Å². The van der Waals surface area contributed by atoms with Crippen LogP contribution in [0.25, 0.3) is 5.69 Å². The molecular weight excluding hydrogens is 284 g/mol. The van der Waals surface area contributed by atoms with E-state index in [4.69, 9.17) is 10.5 Å². The minimum atomic E-state index is -0.679. The highest BCUT2D eigenvalue weighted by Crippen LogP contribution is 2.18. The predicted octanol–water partition coefficient (Wildman–Crippen LogP) is 2.32. The van der Waals surface area contributed by atoms with Crippen LogP contribution in [0.1, 0.15) is 31.3 Å². The maximum absolute atomic E-state index is 11.9. The highest BCUT2D eigenvalue weighted by Gasteiger charge is 2.19. The van der Waals surface area contributed by atoms with Crippen molar-refractivity contribution in [1.29, 1.82) is 0 Å². The number of nitrogens with two attached hydrogens (primary N) is 1. The molecule has 22 heavy (non-hydrogen) atoms. The molecule has 0 atom stereocenters. The number of carbonyl (C=O) groups excluding carboxylic acids is 2. The van der Waals surface area contributed by atoms with Crippen LogP contribution in [0, 0.1) is 0 Å². The second-order valence-electron chi connectivity index (χ2n) is 5.65. The largest absolute Gasteiger partial charge is 0.444 e. The number of hydrogen-bond donors (Lipinski definition) is 2. The van der Waals surface area contributed by atoms with E-state index in [-0.39, 0.29) is 5.69 Å². The fourth-order valence-electron chi connectivity index (χ4n) is 1.76. The van der Waals surface area contributed by atoms with Gasteiger partial charge in [-0.3, -0.25) is 10.1 Å². The summed E-state index contributed by atoms with van der Waals surface area (Å²) < 4.78 is 6.62. The molecule has 2 amide bonds. The molecule has 0 fully saturated rings. The van der Waals surface area contributed by atoms with Crippen molar-refractivity contribution >= 4 is 17.8 Å². The minimum Gasteiger partial charge on any atom is -0.444 e. The van der Waals surface area contributed by atoms with E-state index in [1.54, 1.807) is 32.9 Å². The van der Waals surface area contributed by atoms with Crippen LogP contribution in [0.15, 0.2) is 36.4 Å². The molecule has 0 radical (unpaired) electrons. The average molecular weight is 302 g/mol. The Morgan fingerprint density at radius 1 is 1.23 bits per heavy atom. The zero-order chi connectivity index (χ0) is 16.3. The van der Waals surface area contributed by atoms with Crippen LogP contribution in [0.4, 0.5) is 10.6 Å². The number of carbonyl (C=O) groups is 2. The van der Waals surface area contributed by atoms with Crippen LogP contribution in [0.5, 0.6) is 0 Å². The molecule has 0 spiro atoms. The Hall–Kier alpha value is -2.83. The van der Waals surface area contributed by atoms with E-state index in [0.29, 0.717) is 11.5 Å². The van der Waals surface area contributed by atoms with Gasteiger partial charge in [-0.1, -0.05) is 18.2 Å². The highest BCUT2D eigenvalue weighted by atomic mass is 16.6. The number of anilines is 1. The van der Waals surface area contributed by atoms with Gasteiger partial charge in [0.2, 0.25) is 0 Å². The number of hydrogen-bond acceptors (Lipinski definition) is 4. The van der Waals surface area contributed by atoms with Crippen molar-refractivity contribution in [2.24, 2.45) is 5.73 Å². The molecular formula is C15H18N4O3. The van der Waals surface area contributed by atoms with Crippen LogP contribution in [0.2, 0.25) is 0 Å². The fourth-order valence-corrected chi connectivity index (χ4v) is 1.76. The summed E-state index contributed by atoms with van der Waals surface area (Å²) in [4.78, 5) is 23.2. The molecule has 2 rings (SSSR count). The van der Waals surface area contributed by atoms with Crippen molar-refractivity contribution in [3.63, 3.8) is 0 Å². The van der Waals surface area contributed by atoms with E-state index in [0.717, 1.165) is 0 Å². The maximum atomic E-state index is 11.9. The molecule has 0 aliphatic heterocycles. The molecule has 0 bridgehead atoms. The Bertz CT molecular complexity index is 687. The number of amides is 2. The van der Waals surface area contributed by atoms with Gasteiger partial charge in [0.25, 0.3) is 5.91 Å². The average Bonchev–Trinajstić information content (AvgIpc) is 2.81. The maximum Gasteiger partial charge on any atom is 0.413 e. The summed E-state index contributed by atoms with van der Waals surface area (Å²) >= 11 is 0. The predicted molar refractivity (Wildman–Crippen MR) is 81.9 cm³/mol. The van der Waals surface area contributed by atoms with Gasteiger partial charge < -0.3 is 10.5 Å². The van der Waals surface area contributed by atoms with Gasteiger partial charge in [-0.15, -0.1) is 0 Å². The fraction of sp³-hybridized carbons (Fsp3) is 0.267. The van der Waals surface area contributed by atoms with E-state index < -0.39 is 17.6 Å². The van der Waals surface area contributed by atoms with Crippen LogP contribution in [-0.2, 0) is 4.74 Å². The van der Waals surface area contributed by atoms with Crippen LogP contribution >= 0.6 is 0 Å². The van der Waals surface area contributed by atoms with Crippen LogP contribution in [-0.4, -0.2) is 27.4 Å². The van der Waals surface area contributed by atoms with Gasteiger partial charge in [0, 0.05) is 6.07 Å². The number of benzene rings is 1. The summed E-state index contributed by atoms with van der Waals surface area (Å²) in [6, 6.07) is 10.5. The second kappa shape index (κ2) is 5.88. The van der Waals surface area contributed by atoms with Gasteiger partial charge in [-0.05, 0) is 32.9 Å². The summed E-state index contributed by atoms with van der Waals surface area (Å²) in [5.74, 6) is -0.379. The number of rotatable bonds is 3. The van der Waals surface area contributed by atoms with Gasteiger partial charge >= 0.3 is 6.09 Å². The zero-order valence-corrected chi connectivity index (χ0v) is 12.7. The zero-order valence-electron chi connectivity index (χ0n) is 12.7. The third kappa shape index (κ3) is 3.85. The van der Waals surface area contributed by atoms with Crippen molar-refractivity contribution in [3.05, 3.63) is 42.1 Å². The summed E-state index contributed by atoms with van der Waals surface area (Å²) in [5.41, 5.74) is 5.35. The summed E-state index contributed by atoms with van der Waals surface area (Å²) in [5, 5.41) is 6.67. The molecule has 1 aromatic carbocycles. The first-order chi connectivity index (χ1) is 10.3. The van der Waals surface area contributed by atoms with Crippen LogP contribution < -0.4 is 11.1 Å². The number of aromatic nitrogens is 2. The van der Waals surface area contributed by atoms with Crippen molar-refractivity contribution in [1.82, 2.24) is 9.78 Å². The third-order valence-corrected chi connectivity index (χ3v) is 2.59. The summed E-state index contributed by atoms with van der Waals surface area (Å²) in [6.07, 6.45) is -0.638. The van der Waals surface area contributed by atoms with E-state index in [1.807, 2.05) is 18.2 Å². The normalized spacial score (nSPS) is 11.0. The Labute approximate surface area is 128 Å². The monoisotopic (exact) mass is 302 g/mol. The molecule has 1 heterocycles. The van der Waals surface area contributed by atoms with Gasteiger partial charge in [0.15, 0.2) is 5.69 Å². The van der Waals surface area contributed by atoms with Gasteiger partial charge in [-0.2, -0.15) is 5.10 Å². The Morgan fingerprint density at radius 3 is 2.41 bits per heavy atom. The molecule has 116 valence electrons. The molecule has 3 N–H and O–H groups in total. The summed E-state index contributed by atoms with van der Waals surface area (Å²) in [6.45, 7) is 5.28. The molecule has 0 aliphatic carbocycles. The molecule has 0 saturated heterocycles. The molecule has 0 aliphatic rings. The number of ether oxygens (including phenoxy) is 1. The summed E-state index contributed by atoms with van der Waals surface area (Å²) in [7, 11) is 0. The van der Waals surface area contributed by atoms with E-state index in [2.05, 4.69) is 10.4 Å². The number of para-hydroxylation sites is 1. The first-order valence-corrected chi connectivity index (χ1v) is 6.71. The van der Waals surface area contributed by atoms with Crippen molar-refractivity contribution in [3.8, 4) is 5.69 Å². The van der Waals surface area contributed by atoms with Gasteiger partial charge in [0.05, 0.1) is 5.69 Å². The number of nitrogens with one attached hydrogen (secondary N) is 1. The molecule has 2 aromatic rings. The van der Waals surface area contributed by atoms with E-state index >= 15 is 0 Å². The van der Waals surface area contributed by atoms with Crippen molar-refractivity contribution < 1.29 is 14.3 Å². The lowest BCUT2D eigenvalue weighted by Gasteiger charge is -2.19. The molecule has 7 heteroatoms. The van der Waals surface area contributed by atoms with Gasteiger partial charge in [-0.25, -0.2) is 9.48 Å². The topological polar surface area (TPSA) is 99.2 Å². The molecule has 7 nitrogen and oxygen atoms in total. The Morgan fingerprint density at radius 2 is 1.86 bits per heavy atom. The second-order valence-corrected chi connectivity index (χ2v) is 5.65. The van der Waals surface area contributed by atoms with E-state index in [9.17, 15) is 9.59 Å². The standard InChI is InChI=1S/C15H18N4O3/c1-15(2,3)22-14(21)17-12-9-11(13(16)20)18-19(12)10-7-5-4-6-8-10/h4-9H,1-3H3,(H2,16,20)(H,17,21). The molecule has 0 unspecified atom stereocenters. The first kappa shape index (κ1) is 15.6. The smallest absolute Gasteiger partial charge is 0.413 e. The number of nitrogens with zero attached hydrogens (tertiary/aromatic N) is 2. The quantitative estimate of drug-likeness (QED) is 0.908. The molecule has 1 aromatic heterocycles. The lowest BCUT2D eigenvalue weighted by atomic mass is 10.2. The third-order valence-electron chi connectivity index (χ3n) is 2.59. The molecule has 0 saturated carbocycles.